The molecule has 0 radical (unpaired) electrons. The van der Waals surface area contributed by atoms with Crippen molar-refractivity contribution in [3.05, 3.63) is 18.2 Å². The van der Waals surface area contributed by atoms with Crippen molar-refractivity contribution in [3.63, 3.8) is 0 Å². The van der Waals surface area contributed by atoms with Crippen molar-refractivity contribution >= 4 is 21.5 Å². The van der Waals surface area contributed by atoms with Crippen LogP contribution in [0.2, 0.25) is 0 Å². The largest absolute Gasteiger partial charge is 0.367 e. The van der Waals surface area contributed by atoms with E-state index in [1.807, 2.05) is 6.92 Å². The maximum atomic E-state index is 10.8. The van der Waals surface area contributed by atoms with Gasteiger partial charge in [0.1, 0.15) is 5.82 Å². The Hall–Kier alpha value is -1.74. The van der Waals surface area contributed by atoms with Crippen LogP contribution in [0.5, 0.6) is 0 Å². The van der Waals surface area contributed by atoms with E-state index < -0.39 is 10.0 Å². The van der Waals surface area contributed by atoms with Crippen LogP contribution in [0.25, 0.3) is 5.65 Å². The van der Waals surface area contributed by atoms with Gasteiger partial charge < -0.3 is 5.32 Å². The molecule has 0 spiro atoms. The number of rotatable bonds is 5. The number of nitrogens with two attached hydrogens (primary N) is 1. The number of nitrogens with zero attached hydrogens (tertiary/aromatic N) is 4. The SMILES string of the molecule is Cc1nnc2c(NCCCS(N)(=O)=O)nccn12. The van der Waals surface area contributed by atoms with Gasteiger partial charge in [0, 0.05) is 18.9 Å². The highest BCUT2D eigenvalue weighted by Crippen LogP contribution is 2.11. The summed E-state index contributed by atoms with van der Waals surface area (Å²) in [7, 11) is -3.41. The molecule has 0 aliphatic rings. The molecule has 0 amide bonds. The van der Waals surface area contributed by atoms with Gasteiger partial charge in [0.2, 0.25) is 15.7 Å². The van der Waals surface area contributed by atoms with Crippen LogP contribution in [0.3, 0.4) is 0 Å². The Bertz CT molecular complexity index is 650. The van der Waals surface area contributed by atoms with Crippen LogP contribution in [0.15, 0.2) is 12.4 Å². The first-order valence-electron chi connectivity index (χ1n) is 5.38. The van der Waals surface area contributed by atoms with E-state index in [0.29, 0.717) is 24.4 Å². The Labute approximate surface area is 104 Å². The Balaban J connectivity index is 2.04. The van der Waals surface area contributed by atoms with Crippen LogP contribution < -0.4 is 10.5 Å². The zero-order valence-electron chi connectivity index (χ0n) is 9.87. The van der Waals surface area contributed by atoms with Gasteiger partial charge in [0.25, 0.3) is 0 Å². The summed E-state index contributed by atoms with van der Waals surface area (Å²) < 4.78 is 23.3. The highest BCUT2D eigenvalue weighted by atomic mass is 32.2. The highest BCUT2D eigenvalue weighted by molar-refractivity contribution is 7.89. The lowest BCUT2D eigenvalue weighted by molar-refractivity contribution is 0.596. The molecule has 3 N–H and O–H groups in total. The second-order valence-corrected chi connectivity index (χ2v) is 5.60. The summed E-state index contributed by atoms with van der Waals surface area (Å²) in [6.45, 7) is 2.29. The normalized spacial score (nSPS) is 11.9. The van der Waals surface area contributed by atoms with Crippen LogP contribution >= 0.6 is 0 Å². The van der Waals surface area contributed by atoms with Gasteiger partial charge in [-0.05, 0) is 13.3 Å². The first kappa shape index (κ1) is 12.7. The third-order valence-electron chi connectivity index (χ3n) is 2.40. The van der Waals surface area contributed by atoms with E-state index in [2.05, 4.69) is 20.5 Å². The summed E-state index contributed by atoms with van der Waals surface area (Å²) in [5.41, 5.74) is 0.616. The lowest BCUT2D eigenvalue weighted by Gasteiger charge is -2.05. The summed E-state index contributed by atoms with van der Waals surface area (Å²) in [5.74, 6) is 1.28. The van der Waals surface area contributed by atoms with Crippen molar-refractivity contribution in [1.29, 1.82) is 0 Å². The average molecular weight is 270 g/mol. The molecular formula is C9H14N6O2S. The third kappa shape index (κ3) is 2.93. The third-order valence-corrected chi connectivity index (χ3v) is 3.25. The minimum Gasteiger partial charge on any atom is -0.367 e. The molecule has 18 heavy (non-hydrogen) atoms. The van der Waals surface area contributed by atoms with Gasteiger partial charge >= 0.3 is 0 Å². The Kier molecular flexibility index (Phi) is 3.43. The van der Waals surface area contributed by atoms with Crippen LogP contribution in [0.1, 0.15) is 12.2 Å². The van der Waals surface area contributed by atoms with E-state index in [9.17, 15) is 8.42 Å². The first-order valence-corrected chi connectivity index (χ1v) is 7.09. The second kappa shape index (κ2) is 4.86. The van der Waals surface area contributed by atoms with Crippen molar-refractivity contribution in [3.8, 4) is 0 Å². The summed E-state index contributed by atoms with van der Waals surface area (Å²) in [4.78, 5) is 4.14. The molecule has 0 aliphatic heterocycles. The topological polar surface area (TPSA) is 115 Å². The van der Waals surface area contributed by atoms with Crippen molar-refractivity contribution in [2.45, 2.75) is 13.3 Å². The number of hydrogen-bond donors (Lipinski definition) is 2. The predicted octanol–water partition coefficient (Wildman–Crippen LogP) is -0.477. The van der Waals surface area contributed by atoms with E-state index in [-0.39, 0.29) is 5.75 Å². The maximum Gasteiger partial charge on any atom is 0.209 e. The molecule has 2 aromatic heterocycles. The van der Waals surface area contributed by atoms with Gasteiger partial charge in [-0.25, -0.2) is 18.5 Å². The number of fused-ring (bicyclic) bond motifs is 1. The number of sulfonamides is 1. The minimum absolute atomic E-state index is 0.0607. The lowest BCUT2D eigenvalue weighted by Crippen LogP contribution is -2.19. The molecule has 0 aromatic carbocycles. The van der Waals surface area contributed by atoms with Crippen LogP contribution in [0, 0.1) is 6.92 Å². The van der Waals surface area contributed by atoms with E-state index in [1.165, 1.54) is 0 Å². The zero-order chi connectivity index (χ0) is 13.2. The van der Waals surface area contributed by atoms with Gasteiger partial charge in [-0.1, -0.05) is 0 Å². The molecule has 9 heteroatoms. The van der Waals surface area contributed by atoms with Crippen molar-refractivity contribution in [2.24, 2.45) is 5.14 Å². The van der Waals surface area contributed by atoms with Gasteiger partial charge in [-0.15, -0.1) is 10.2 Å². The van der Waals surface area contributed by atoms with Crippen molar-refractivity contribution in [1.82, 2.24) is 19.6 Å². The average Bonchev–Trinajstić information content (AvgIpc) is 2.67. The molecule has 0 saturated heterocycles. The van der Waals surface area contributed by atoms with Gasteiger partial charge in [0.15, 0.2) is 5.82 Å². The molecule has 8 nitrogen and oxygen atoms in total. The fourth-order valence-corrected chi connectivity index (χ4v) is 2.09. The molecule has 2 rings (SSSR count). The van der Waals surface area contributed by atoms with Crippen LogP contribution in [0.4, 0.5) is 5.82 Å². The highest BCUT2D eigenvalue weighted by Gasteiger charge is 2.07. The van der Waals surface area contributed by atoms with Crippen LogP contribution in [-0.2, 0) is 10.0 Å². The quantitative estimate of drug-likeness (QED) is 0.709. The zero-order valence-corrected chi connectivity index (χ0v) is 10.7. The minimum atomic E-state index is -3.41. The molecule has 0 bridgehead atoms. The van der Waals surface area contributed by atoms with Gasteiger partial charge in [-0.2, -0.15) is 0 Å². The Morgan fingerprint density at radius 1 is 1.44 bits per heavy atom. The monoisotopic (exact) mass is 270 g/mol. The summed E-state index contributed by atoms with van der Waals surface area (Å²) in [6, 6.07) is 0. The van der Waals surface area contributed by atoms with Gasteiger partial charge in [0.05, 0.1) is 5.75 Å². The smallest absolute Gasteiger partial charge is 0.209 e. The summed E-state index contributed by atoms with van der Waals surface area (Å²) in [6.07, 6.45) is 3.81. The predicted molar refractivity (Wildman–Crippen MR) is 66.6 cm³/mol. The standard InChI is InChI=1S/C9H14N6O2S/c1-7-13-14-9-8(12-4-5-15(7)9)11-3-2-6-18(10,16)17/h4-5H,2-3,6H2,1H3,(H,11,12)(H2,10,16,17). The molecule has 0 saturated carbocycles. The Morgan fingerprint density at radius 3 is 2.94 bits per heavy atom. The molecule has 98 valence electrons. The molecular weight excluding hydrogens is 256 g/mol. The maximum absolute atomic E-state index is 10.8. The molecule has 2 aromatic rings. The molecule has 0 fully saturated rings. The lowest BCUT2D eigenvalue weighted by atomic mass is 10.4. The number of anilines is 1. The van der Waals surface area contributed by atoms with Gasteiger partial charge in [-0.3, -0.25) is 4.40 Å². The number of primary sulfonamides is 1. The molecule has 0 atom stereocenters. The van der Waals surface area contributed by atoms with E-state index in [1.54, 1.807) is 16.8 Å². The Morgan fingerprint density at radius 2 is 2.22 bits per heavy atom. The molecule has 2 heterocycles. The first-order chi connectivity index (χ1) is 8.47. The summed E-state index contributed by atoms with van der Waals surface area (Å²) >= 11 is 0. The fraction of sp³-hybridized carbons (Fsp3) is 0.444. The number of nitrogens with one attached hydrogen (secondary N) is 1. The summed E-state index contributed by atoms with van der Waals surface area (Å²) in [5, 5.41) is 15.9. The number of hydrogen-bond acceptors (Lipinski definition) is 6. The van der Waals surface area contributed by atoms with Crippen molar-refractivity contribution in [2.75, 3.05) is 17.6 Å². The number of aromatic nitrogens is 4. The van der Waals surface area contributed by atoms with Crippen LogP contribution in [-0.4, -0.2) is 40.3 Å². The second-order valence-electron chi connectivity index (χ2n) is 3.86. The number of aryl methyl sites for hydroxylation is 1. The molecule has 0 aliphatic carbocycles. The van der Waals surface area contributed by atoms with E-state index >= 15 is 0 Å². The van der Waals surface area contributed by atoms with E-state index in [0.717, 1.165) is 5.82 Å². The van der Waals surface area contributed by atoms with E-state index in [4.69, 9.17) is 5.14 Å². The van der Waals surface area contributed by atoms with Crippen molar-refractivity contribution < 1.29 is 8.42 Å². The fourth-order valence-electron chi connectivity index (χ4n) is 1.55. The molecule has 0 unspecified atom stereocenters.